The molecule has 1 aliphatic rings. The maximum absolute atomic E-state index is 12.3. The van der Waals surface area contributed by atoms with Gasteiger partial charge in [0.2, 0.25) is 0 Å². The van der Waals surface area contributed by atoms with E-state index in [0.29, 0.717) is 6.42 Å². The highest BCUT2D eigenvalue weighted by Gasteiger charge is 2.19. The molecule has 100 valence electrons. The van der Waals surface area contributed by atoms with E-state index < -0.39 is 5.97 Å². The molecular formula is C17H14O3. The van der Waals surface area contributed by atoms with Gasteiger partial charge in [-0.25, -0.2) is 0 Å². The van der Waals surface area contributed by atoms with E-state index in [1.807, 2.05) is 42.5 Å². The van der Waals surface area contributed by atoms with E-state index in [4.69, 9.17) is 5.11 Å². The molecule has 2 aromatic rings. The molecular weight excluding hydrogens is 252 g/mol. The molecule has 0 unspecified atom stereocenters. The highest BCUT2D eigenvalue weighted by Crippen LogP contribution is 2.25. The number of rotatable bonds is 2. The standard InChI is InChI=1S/C17H14O3/c18-16-10-14-7-11(8-17(19)20)5-6-12(14)9-13-3-1-2-4-15(13)16/h1-7H,8-10H2,(H,19,20). The van der Waals surface area contributed by atoms with E-state index in [0.717, 1.165) is 34.2 Å². The molecule has 3 nitrogen and oxygen atoms in total. The van der Waals surface area contributed by atoms with Crippen LogP contribution in [0.3, 0.4) is 0 Å². The van der Waals surface area contributed by atoms with Crippen LogP contribution in [0.15, 0.2) is 42.5 Å². The van der Waals surface area contributed by atoms with Crippen LogP contribution in [0.2, 0.25) is 0 Å². The molecule has 0 bridgehead atoms. The van der Waals surface area contributed by atoms with E-state index in [1.165, 1.54) is 0 Å². The van der Waals surface area contributed by atoms with E-state index in [9.17, 15) is 9.59 Å². The molecule has 0 saturated heterocycles. The van der Waals surface area contributed by atoms with Crippen molar-refractivity contribution in [1.82, 2.24) is 0 Å². The number of fused-ring (bicyclic) bond motifs is 2. The number of hydrogen-bond donors (Lipinski definition) is 1. The molecule has 3 rings (SSSR count). The predicted octanol–water partition coefficient (Wildman–Crippen LogP) is 2.64. The molecule has 0 spiro atoms. The molecule has 0 aromatic heterocycles. The third kappa shape index (κ3) is 2.35. The van der Waals surface area contributed by atoms with Gasteiger partial charge in [0.25, 0.3) is 0 Å². The molecule has 0 heterocycles. The number of carbonyl (C=O) groups is 2. The van der Waals surface area contributed by atoms with Crippen molar-refractivity contribution < 1.29 is 14.7 Å². The monoisotopic (exact) mass is 266 g/mol. The van der Waals surface area contributed by atoms with Crippen molar-refractivity contribution in [3.63, 3.8) is 0 Å². The summed E-state index contributed by atoms with van der Waals surface area (Å²) >= 11 is 0. The molecule has 0 aliphatic heterocycles. The topological polar surface area (TPSA) is 54.4 Å². The van der Waals surface area contributed by atoms with E-state index in [1.54, 1.807) is 0 Å². The molecule has 1 aliphatic carbocycles. The van der Waals surface area contributed by atoms with Crippen LogP contribution in [0.25, 0.3) is 0 Å². The summed E-state index contributed by atoms with van der Waals surface area (Å²) in [6.07, 6.45) is 1.07. The summed E-state index contributed by atoms with van der Waals surface area (Å²) in [5.74, 6) is -0.750. The minimum atomic E-state index is -0.854. The zero-order chi connectivity index (χ0) is 14.1. The largest absolute Gasteiger partial charge is 0.481 e. The molecule has 20 heavy (non-hydrogen) atoms. The van der Waals surface area contributed by atoms with Crippen LogP contribution in [0, 0.1) is 0 Å². The minimum absolute atomic E-state index is 0.00554. The zero-order valence-electron chi connectivity index (χ0n) is 10.9. The van der Waals surface area contributed by atoms with Crippen molar-refractivity contribution in [1.29, 1.82) is 0 Å². The molecule has 0 fully saturated rings. The summed E-state index contributed by atoms with van der Waals surface area (Å²) in [6, 6.07) is 13.3. The van der Waals surface area contributed by atoms with Crippen molar-refractivity contribution >= 4 is 11.8 Å². The van der Waals surface area contributed by atoms with Crippen molar-refractivity contribution in [3.05, 3.63) is 70.3 Å². The van der Waals surface area contributed by atoms with Crippen LogP contribution in [-0.2, 0) is 24.1 Å². The highest BCUT2D eigenvalue weighted by molar-refractivity contribution is 5.99. The Labute approximate surface area is 116 Å². The fraction of sp³-hybridized carbons (Fsp3) is 0.176. The summed E-state index contributed by atoms with van der Waals surface area (Å²) in [6.45, 7) is 0. The van der Waals surface area contributed by atoms with Crippen LogP contribution in [0.5, 0.6) is 0 Å². The van der Waals surface area contributed by atoms with Gasteiger partial charge in [0.05, 0.1) is 6.42 Å². The van der Waals surface area contributed by atoms with Crippen LogP contribution in [-0.4, -0.2) is 16.9 Å². The SMILES string of the molecule is O=C(O)Cc1ccc2c(c1)CC(=O)c1ccccc1C2. The van der Waals surface area contributed by atoms with Crippen LogP contribution < -0.4 is 0 Å². The van der Waals surface area contributed by atoms with Gasteiger partial charge in [0.15, 0.2) is 5.78 Å². The van der Waals surface area contributed by atoms with E-state index in [2.05, 4.69) is 0 Å². The number of carbonyl (C=O) groups excluding carboxylic acids is 1. The maximum Gasteiger partial charge on any atom is 0.307 e. The molecule has 0 atom stereocenters. The van der Waals surface area contributed by atoms with Gasteiger partial charge in [0.1, 0.15) is 0 Å². The minimum Gasteiger partial charge on any atom is -0.481 e. The van der Waals surface area contributed by atoms with E-state index in [-0.39, 0.29) is 12.2 Å². The number of carboxylic acids is 1. The lowest BCUT2D eigenvalue weighted by Gasteiger charge is -2.07. The van der Waals surface area contributed by atoms with Gasteiger partial charge in [-0.05, 0) is 28.7 Å². The zero-order valence-corrected chi connectivity index (χ0v) is 10.9. The van der Waals surface area contributed by atoms with Crippen molar-refractivity contribution in [2.75, 3.05) is 0 Å². The van der Waals surface area contributed by atoms with Gasteiger partial charge in [-0.1, -0.05) is 42.5 Å². The summed E-state index contributed by atoms with van der Waals surface area (Å²) in [7, 11) is 0. The second-order valence-corrected chi connectivity index (χ2v) is 5.11. The number of ketones is 1. The Balaban J connectivity index is 2.02. The Hall–Kier alpha value is -2.42. The quantitative estimate of drug-likeness (QED) is 0.909. The predicted molar refractivity (Wildman–Crippen MR) is 75.1 cm³/mol. The number of hydrogen-bond acceptors (Lipinski definition) is 2. The van der Waals surface area contributed by atoms with Gasteiger partial charge < -0.3 is 5.11 Å². The number of Topliss-reactive ketones (excluding diaryl/α,β-unsaturated/α-hetero) is 1. The lowest BCUT2D eigenvalue weighted by atomic mass is 9.97. The fourth-order valence-corrected chi connectivity index (χ4v) is 2.72. The first-order valence-corrected chi connectivity index (χ1v) is 6.57. The van der Waals surface area contributed by atoms with Gasteiger partial charge in [-0.15, -0.1) is 0 Å². The van der Waals surface area contributed by atoms with Crippen LogP contribution >= 0.6 is 0 Å². The van der Waals surface area contributed by atoms with Gasteiger partial charge in [-0.2, -0.15) is 0 Å². The first-order chi connectivity index (χ1) is 9.63. The molecule has 0 saturated carbocycles. The number of carboxylic acid groups (broad SMARTS) is 1. The Morgan fingerprint density at radius 3 is 2.60 bits per heavy atom. The van der Waals surface area contributed by atoms with Crippen molar-refractivity contribution in [2.24, 2.45) is 0 Å². The fourth-order valence-electron chi connectivity index (χ4n) is 2.72. The second kappa shape index (κ2) is 4.93. The highest BCUT2D eigenvalue weighted by atomic mass is 16.4. The molecule has 0 amide bonds. The lowest BCUT2D eigenvalue weighted by Crippen LogP contribution is -2.05. The molecule has 3 heteroatoms. The third-order valence-electron chi connectivity index (χ3n) is 3.68. The normalized spacial score (nSPS) is 13.3. The maximum atomic E-state index is 12.3. The average molecular weight is 266 g/mol. The first kappa shape index (κ1) is 12.6. The molecule has 0 radical (unpaired) electrons. The molecule has 2 aromatic carbocycles. The van der Waals surface area contributed by atoms with Gasteiger partial charge >= 0.3 is 5.97 Å². The number of aliphatic carboxylic acids is 1. The van der Waals surface area contributed by atoms with Gasteiger partial charge in [-0.3, -0.25) is 9.59 Å². The summed E-state index contributed by atoms with van der Waals surface area (Å²) < 4.78 is 0. The Morgan fingerprint density at radius 2 is 1.80 bits per heavy atom. The average Bonchev–Trinajstić information content (AvgIpc) is 2.54. The summed E-state index contributed by atoms with van der Waals surface area (Å²) in [5, 5.41) is 8.85. The Morgan fingerprint density at radius 1 is 1.00 bits per heavy atom. The number of benzene rings is 2. The Bertz CT molecular complexity index is 701. The van der Waals surface area contributed by atoms with Crippen LogP contribution in [0.1, 0.15) is 32.6 Å². The second-order valence-electron chi connectivity index (χ2n) is 5.11. The lowest BCUT2D eigenvalue weighted by molar-refractivity contribution is -0.136. The summed E-state index contributed by atoms with van der Waals surface area (Å²) in [5.41, 5.74) is 4.63. The first-order valence-electron chi connectivity index (χ1n) is 6.57. The van der Waals surface area contributed by atoms with Crippen molar-refractivity contribution in [2.45, 2.75) is 19.3 Å². The Kier molecular flexibility index (Phi) is 3.11. The molecule has 1 N–H and O–H groups in total. The van der Waals surface area contributed by atoms with E-state index >= 15 is 0 Å². The van der Waals surface area contributed by atoms with Gasteiger partial charge in [0, 0.05) is 12.0 Å². The third-order valence-corrected chi connectivity index (χ3v) is 3.68. The smallest absolute Gasteiger partial charge is 0.307 e. The van der Waals surface area contributed by atoms with Crippen molar-refractivity contribution in [3.8, 4) is 0 Å². The summed E-state index contributed by atoms with van der Waals surface area (Å²) in [4.78, 5) is 23.1. The van der Waals surface area contributed by atoms with Crippen LogP contribution in [0.4, 0.5) is 0 Å².